The molecular weight excluding hydrogens is 314 g/mol. The van der Waals surface area contributed by atoms with Crippen molar-refractivity contribution >= 4 is 5.82 Å². The SMILES string of the molecule is COc1cc(-c2cncc(N[C@H]3CCc4ccccc43)n2)ccc1O. The van der Waals surface area contributed by atoms with Crippen LogP contribution in [0.15, 0.2) is 54.9 Å². The van der Waals surface area contributed by atoms with Crippen molar-refractivity contribution in [2.45, 2.75) is 18.9 Å². The number of anilines is 1. The highest BCUT2D eigenvalue weighted by Crippen LogP contribution is 2.34. The minimum absolute atomic E-state index is 0.107. The zero-order valence-corrected chi connectivity index (χ0v) is 13.9. The van der Waals surface area contributed by atoms with Gasteiger partial charge in [-0.15, -0.1) is 0 Å². The number of ether oxygens (including phenoxy) is 1. The second-order valence-corrected chi connectivity index (χ2v) is 6.11. The first-order chi connectivity index (χ1) is 12.2. The van der Waals surface area contributed by atoms with E-state index in [0.717, 1.165) is 29.9 Å². The van der Waals surface area contributed by atoms with Gasteiger partial charge in [-0.3, -0.25) is 4.98 Å². The third kappa shape index (κ3) is 3.01. The van der Waals surface area contributed by atoms with Crippen LogP contribution < -0.4 is 10.1 Å². The van der Waals surface area contributed by atoms with Crippen molar-refractivity contribution in [1.82, 2.24) is 9.97 Å². The first-order valence-corrected chi connectivity index (χ1v) is 8.28. The Balaban J connectivity index is 1.60. The number of phenolic OH excluding ortho intramolecular Hbond substituents is 1. The van der Waals surface area contributed by atoms with Gasteiger partial charge in [0, 0.05) is 5.56 Å². The molecule has 1 aromatic heterocycles. The lowest BCUT2D eigenvalue weighted by Gasteiger charge is -2.15. The zero-order valence-electron chi connectivity index (χ0n) is 13.9. The molecule has 0 aliphatic heterocycles. The smallest absolute Gasteiger partial charge is 0.161 e. The average Bonchev–Trinajstić information content (AvgIpc) is 3.05. The van der Waals surface area contributed by atoms with Crippen molar-refractivity contribution in [3.8, 4) is 22.8 Å². The fourth-order valence-corrected chi connectivity index (χ4v) is 3.30. The second kappa shape index (κ2) is 6.43. The Hall–Kier alpha value is -3.08. The number of nitrogens with zero attached hydrogens (tertiary/aromatic N) is 2. The first-order valence-electron chi connectivity index (χ1n) is 8.28. The van der Waals surface area contributed by atoms with Crippen molar-refractivity contribution in [2.75, 3.05) is 12.4 Å². The Labute approximate surface area is 146 Å². The minimum atomic E-state index is 0.107. The molecule has 5 heteroatoms. The Morgan fingerprint density at radius 1 is 1.16 bits per heavy atom. The topological polar surface area (TPSA) is 67.3 Å². The standard InChI is InChI=1S/C20H19N3O2/c1-25-19-10-14(7-9-18(19)24)17-11-21-12-20(23-17)22-16-8-6-13-4-2-3-5-15(13)16/h2-5,7,9-12,16,24H,6,8H2,1H3,(H,22,23)/t16-/m0/s1. The molecule has 1 atom stereocenters. The van der Waals surface area contributed by atoms with Crippen LogP contribution in [0.5, 0.6) is 11.5 Å². The van der Waals surface area contributed by atoms with Gasteiger partial charge in [-0.2, -0.15) is 0 Å². The largest absolute Gasteiger partial charge is 0.504 e. The van der Waals surface area contributed by atoms with Crippen molar-refractivity contribution in [2.24, 2.45) is 0 Å². The summed E-state index contributed by atoms with van der Waals surface area (Å²) in [5.74, 6) is 1.27. The van der Waals surface area contributed by atoms with Gasteiger partial charge < -0.3 is 15.2 Å². The third-order valence-corrected chi connectivity index (χ3v) is 4.57. The third-order valence-electron chi connectivity index (χ3n) is 4.57. The van der Waals surface area contributed by atoms with Gasteiger partial charge in [-0.25, -0.2) is 4.98 Å². The summed E-state index contributed by atoms with van der Waals surface area (Å²) in [5.41, 5.74) is 4.31. The van der Waals surface area contributed by atoms with E-state index >= 15 is 0 Å². The molecule has 0 radical (unpaired) electrons. The summed E-state index contributed by atoms with van der Waals surface area (Å²) >= 11 is 0. The maximum atomic E-state index is 9.75. The van der Waals surface area contributed by atoms with Crippen LogP contribution in [0.25, 0.3) is 11.3 Å². The molecule has 2 N–H and O–H groups in total. The fraction of sp³-hybridized carbons (Fsp3) is 0.200. The van der Waals surface area contributed by atoms with Crippen LogP contribution in [0, 0.1) is 0 Å². The molecule has 3 aromatic rings. The van der Waals surface area contributed by atoms with E-state index in [1.165, 1.54) is 18.2 Å². The van der Waals surface area contributed by atoms with Crippen molar-refractivity contribution < 1.29 is 9.84 Å². The monoisotopic (exact) mass is 333 g/mol. The molecule has 4 rings (SSSR count). The predicted molar refractivity (Wildman–Crippen MR) is 96.8 cm³/mol. The van der Waals surface area contributed by atoms with Crippen LogP contribution in [0.4, 0.5) is 5.82 Å². The van der Waals surface area contributed by atoms with Crippen molar-refractivity contribution in [3.63, 3.8) is 0 Å². The number of hydrogen-bond acceptors (Lipinski definition) is 5. The molecule has 25 heavy (non-hydrogen) atoms. The molecule has 1 aliphatic carbocycles. The molecule has 0 unspecified atom stereocenters. The average molecular weight is 333 g/mol. The summed E-state index contributed by atoms with van der Waals surface area (Å²) in [4.78, 5) is 8.98. The number of fused-ring (bicyclic) bond motifs is 1. The molecule has 5 nitrogen and oxygen atoms in total. The summed E-state index contributed by atoms with van der Waals surface area (Å²) in [6.07, 6.45) is 5.58. The number of hydrogen-bond donors (Lipinski definition) is 2. The van der Waals surface area contributed by atoms with Gasteiger partial charge in [0.2, 0.25) is 0 Å². The Morgan fingerprint density at radius 3 is 2.92 bits per heavy atom. The number of nitrogens with one attached hydrogen (secondary N) is 1. The second-order valence-electron chi connectivity index (χ2n) is 6.11. The molecule has 0 spiro atoms. The van der Waals surface area contributed by atoms with Gasteiger partial charge in [0.05, 0.1) is 31.2 Å². The molecule has 1 aliphatic rings. The van der Waals surface area contributed by atoms with E-state index in [-0.39, 0.29) is 11.8 Å². The van der Waals surface area contributed by atoms with Crippen LogP contribution in [0.2, 0.25) is 0 Å². The van der Waals surface area contributed by atoms with E-state index in [1.807, 2.05) is 0 Å². The molecular formula is C20H19N3O2. The molecule has 0 saturated heterocycles. The number of aromatic hydroxyl groups is 1. The lowest BCUT2D eigenvalue weighted by molar-refractivity contribution is 0.373. The lowest BCUT2D eigenvalue weighted by Crippen LogP contribution is -2.09. The molecule has 0 saturated carbocycles. The molecule has 0 fully saturated rings. The summed E-state index contributed by atoms with van der Waals surface area (Å²) in [6.45, 7) is 0. The highest BCUT2D eigenvalue weighted by atomic mass is 16.5. The van der Waals surface area contributed by atoms with Crippen LogP contribution in [-0.2, 0) is 6.42 Å². The van der Waals surface area contributed by atoms with E-state index in [4.69, 9.17) is 4.74 Å². The zero-order chi connectivity index (χ0) is 17.2. The summed E-state index contributed by atoms with van der Waals surface area (Å²) in [6, 6.07) is 13.9. The van der Waals surface area contributed by atoms with Crippen LogP contribution in [-0.4, -0.2) is 22.2 Å². The Bertz CT molecular complexity index is 911. The molecule has 0 amide bonds. The highest BCUT2D eigenvalue weighted by molar-refractivity contribution is 5.64. The van der Waals surface area contributed by atoms with Crippen molar-refractivity contribution in [1.29, 1.82) is 0 Å². The Kier molecular flexibility index (Phi) is 3.98. The minimum Gasteiger partial charge on any atom is -0.504 e. The van der Waals surface area contributed by atoms with Gasteiger partial charge in [-0.05, 0) is 42.2 Å². The summed E-state index contributed by atoms with van der Waals surface area (Å²) < 4.78 is 5.17. The summed E-state index contributed by atoms with van der Waals surface area (Å²) in [5, 5.41) is 13.2. The molecule has 1 heterocycles. The van der Waals surface area contributed by atoms with Crippen LogP contribution in [0.1, 0.15) is 23.6 Å². The van der Waals surface area contributed by atoms with Crippen molar-refractivity contribution in [3.05, 3.63) is 66.0 Å². The van der Waals surface area contributed by atoms with Gasteiger partial charge in [0.25, 0.3) is 0 Å². The predicted octanol–water partition coefficient (Wildman–Crippen LogP) is 3.96. The normalized spacial score (nSPS) is 15.6. The highest BCUT2D eigenvalue weighted by Gasteiger charge is 2.22. The fourth-order valence-electron chi connectivity index (χ4n) is 3.30. The molecule has 126 valence electrons. The Morgan fingerprint density at radius 2 is 2.04 bits per heavy atom. The lowest BCUT2D eigenvalue weighted by atomic mass is 10.1. The quantitative estimate of drug-likeness (QED) is 0.756. The number of aromatic nitrogens is 2. The maximum Gasteiger partial charge on any atom is 0.161 e. The number of phenols is 1. The maximum absolute atomic E-state index is 9.75. The number of benzene rings is 2. The molecule has 0 bridgehead atoms. The number of rotatable bonds is 4. The van der Waals surface area contributed by atoms with Crippen LogP contribution >= 0.6 is 0 Å². The van der Waals surface area contributed by atoms with E-state index in [0.29, 0.717) is 5.75 Å². The number of methoxy groups -OCH3 is 1. The summed E-state index contributed by atoms with van der Waals surface area (Å²) in [7, 11) is 1.53. The first kappa shape index (κ1) is 15.4. The van der Waals surface area contributed by atoms with E-state index in [9.17, 15) is 5.11 Å². The number of aryl methyl sites for hydroxylation is 1. The van der Waals surface area contributed by atoms with Gasteiger partial charge in [0.15, 0.2) is 11.5 Å². The van der Waals surface area contributed by atoms with E-state index < -0.39 is 0 Å². The van der Waals surface area contributed by atoms with E-state index in [2.05, 4.69) is 39.6 Å². The van der Waals surface area contributed by atoms with E-state index in [1.54, 1.807) is 30.6 Å². The van der Waals surface area contributed by atoms with Gasteiger partial charge in [-0.1, -0.05) is 24.3 Å². The van der Waals surface area contributed by atoms with Gasteiger partial charge >= 0.3 is 0 Å². The van der Waals surface area contributed by atoms with Crippen LogP contribution in [0.3, 0.4) is 0 Å². The van der Waals surface area contributed by atoms with Gasteiger partial charge in [0.1, 0.15) is 5.82 Å². The molecule has 2 aromatic carbocycles.